The number of aryl methyl sites for hydroxylation is 2. The molecule has 0 spiro atoms. The van der Waals surface area contributed by atoms with Gasteiger partial charge in [-0.1, -0.05) is 12.1 Å². The van der Waals surface area contributed by atoms with Crippen LogP contribution in [0, 0.1) is 25.2 Å². The van der Waals surface area contributed by atoms with Crippen LogP contribution < -0.4 is 5.32 Å². The van der Waals surface area contributed by atoms with Gasteiger partial charge in [-0.05, 0) is 39.5 Å². The van der Waals surface area contributed by atoms with E-state index in [1.54, 1.807) is 0 Å². The third-order valence-electron chi connectivity index (χ3n) is 6.83. The monoisotopic (exact) mass is 375 g/mol. The van der Waals surface area contributed by atoms with Gasteiger partial charge in [0, 0.05) is 37.7 Å². The molecule has 3 atom stereocenters. The second-order valence-electron chi connectivity index (χ2n) is 8.58. The average molecular weight is 375 g/mol. The topological polar surface area (TPSA) is 84.7 Å². The van der Waals surface area contributed by atoms with Crippen molar-refractivity contribution in [3.05, 3.63) is 17.0 Å². The van der Waals surface area contributed by atoms with Crippen molar-refractivity contribution < 1.29 is 18.8 Å². The van der Waals surface area contributed by atoms with E-state index >= 15 is 0 Å². The Labute approximate surface area is 159 Å². The number of nitrogens with one attached hydrogen (secondary N) is 1. The lowest BCUT2D eigenvalue weighted by Crippen LogP contribution is -2.58. The molecular formula is C20H29N3O4. The van der Waals surface area contributed by atoms with Gasteiger partial charge in [0.05, 0.1) is 23.2 Å². The van der Waals surface area contributed by atoms with Crippen molar-refractivity contribution >= 4 is 11.8 Å². The number of aromatic nitrogens is 1. The zero-order valence-corrected chi connectivity index (χ0v) is 16.4. The third kappa shape index (κ3) is 3.26. The van der Waals surface area contributed by atoms with E-state index in [1.807, 2.05) is 25.7 Å². The van der Waals surface area contributed by atoms with E-state index in [2.05, 4.69) is 10.5 Å². The molecule has 0 radical (unpaired) electrons. The Morgan fingerprint density at radius 2 is 2.04 bits per heavy atom. The summed E-state index contributed by atoms with van der Waals surface area (Å²) in [5.74, 6) is 1.47. The van der Waals surface area contributed by atoms with Crippen LogP contribution in [0.1, 0.15) is 49.6 Å². The number of rotatable bonds is 5. The van der Waals surface area contributed by atoms with E-state index in [0.717, 1.165) is 42.8 Å². The molecule has 5 rings (SSSR count). The number of amides is 2. The standard InChI is InChI=1S/C20H29N3O4/c1-12-15(13(2)27-22-12)4-5-17(24)23-11-14-10-16(23)18(14)21-19(25)20(3)6-8-26-9-7-20/h14,16,18H,4-11H2,1-3H3,(H,21,25). The van der Waals surface area contributed by atoms with E-state index in [0.29, 0.717) is 32.0 Å². The Morgan fingerprint density at radius 1 is 1.30 bits per heavy atom. The molecule has 4 fully saturated rings. The molecule has 27 heavy (non-hydrogen) atoms. The summed E-state index contributed by atoms with van der Waals surface area (Å²) in [6.45, 7) is 7.87. The van der Waals surface area contributed by atoms with Gasteiger partial charge in [0.1, 0.15) is 5.76 Å². The predicted molar refractivity (Wildman–Crippen MR) is 98.0 cm³/mol. The van der Waals surface area contributed by atoms with Crippen molar-refractivity contribution in [1.29, 1.82) is 0 Å². The lowest BCUT2D eigenvalue weighted by molar-refractivity contribution is -0.138. The van der Waals surface area contributed by atoms with Crippen LogP contribution in [0.2, 0.25) is 0 Å². The number of fused-ring (bicyclic) bond motifs is 1. The fourth-order valence-electron chi connectivity index (χ4n) is 4.73. The molecule has 7 heteroatoms. The average Bonchev–Trinajstić information content (AvgIpc) is 3.32. The predicted octanol–water partition coefficient (Wildman–Crippen LogP) is 1.76. The maximum Gasteiger partial charge on any atom is 0.226 e. The van der Waals surface area contributed by atoms with Gasteiger partial charge in [0.2, 0.25) is 11.8 Å². The van der Waals surface area contributed by atoms with Crippen LogP contribution in [-0.2, 0) is 20.7 Å². The molecular weight excluding hydrogens is 346 g/mol. The van der Waals surface area contributed by atoms with E-state index in [1.165, 1.54) is 0 Å². The van der Waals surface area contributed by atoms with E-state index < -0.39 is 0 Å². The van der Waals surface area contributed by atoms with Gasteiger partial charge in [0.15, 0.2) is 0 Å². The van der Waals surface area contributed by atoms with Crippen LogP contribution in [-0.4, -0.2) is 53.7 Å². The van der Waals surface area contributed by atoms with Gasteiger partial charge >= 0.3 is 0 Å². The first-order valence-corrected chi connectivity index (χ1v) is 9.99. The number of hydrogen-bond acceptors (Lipinski definition) is 5. The normalized spacial score (nSPS) is 28.7. The highest BCUT2D eigenvalue weighted by Gasteiger charge is 2.54. The molecule has 3 saturated heterocycles. The number of hydrogen-bond donors (Lipinski definition) is 1. The van der Waals surface area contributed by atoms with Crippen LogP contribution in [0.3, 0.4) is 0 Å². The first kappa shape index (κ1) is 18.5. The molecule has 1 saturated carbocycles. The van der Waals surface area contributed by atoms with Crippen LogP contribution in [0.4, 0.5) is 0 Å². The van der Waals surface area contributed by atoms with Crippen LogP contribution in [0.25, 0.3) is 0 Å². The molecule has 0 aromatic carbocycles. The van der Waals surface area contributed by atoms with Crippen molar-refractivity contribution in [3.63, 3.8) is 0 Å². The Hall–Kier alpha value is -1.89. The minimum atomic E-state index is -0.342. The van der Waals surface area contributed by atoms with Crippen molar-refractivity contribution in [2.45, 2.75) is 65.0 Å². The molecule has 1 N–H and O–H groups in total. The van der Waals surface area contributed by atoms with Crippen molar-refractivity contribution in [1.82, 2.24) is 15.4 Å². The van der Waals surface area contributed by atoms with Gasteiger partial charge in [-0.3, -0.25) is 9.59 Å². The second kappa shape index (κ2) is 6.93. The van der Waals surface area contributed by atoms with Crippen LogP contribution in [0.5, 0.6) is 0 Å². The third-order valence-corrected chi connectivity index (χ3v) is 6.83. The maximum atomic E-state index is 12.8. The molecule has 1 aliphatic carbocycles. The number of nitrogens with zero attached hydrogens (tertiary/aromatic N) is 2. The molecule has 2 amide bonds. The Bertz CT molecular complexity index is 718. The van der Waals surface area contributed by atoms with E-state index in [4.69, 9.17) is 9.26 Å². The Balaban J connectivity index is 1.32. The molecule has 1 aromatic rings. The fourth-order valence-corrected chi connectivity index (χ4v) is 4.73. The Kier molecular flexibility index (Phi) is 4.74. The molecule has 2 bridgehead atoms. The minimum Gasteiger partial charge on any atom is -0.381 e. The maximum absolute atomic E-state index is 12.8. The summed E-state index contributed by atoms with van der Waals surface area (Å²) in [5.41, 5.74) is 1.55. The summed E-state index contributed by atoms with van der Waals surface area (Å²) in [7, 11) is 0. The molecule has 3 aliphatic heterocycles. The molecule has 148 valence electrons. The summed E-state index contributed by atoms with van der Waals surface area (Å²) in [4.78, 5) is 27.5. The van der Waals surface area contributed by atoms with Crippen LogP contribution >= 0.6 is 0 Å². The van der Waals surface area contributed by atoms with Gasteiger partial charge in [0.25, 0.3) is 0 Å². The number of carbonyl (C=O) groups is 2. The van der Waals surface area contributed by atoms with Crippen molar-refractivity contribution in [2.24, 2.45) is 11.3 Å². The quantitative estimate of drug-likeness (QED) is 0.848. The molecule has 1 aromatic heterocycles. The number of carbonyl (C=O) groups excluding carboxylic acids is 2. The minimum absolute atomic E-state index is 0.111. The number of ether oxygens (including phenoxy) is 1. The van der Waals surface area contributed by atoms with Crippen molar-refractivity contribution in [3.8, 4) is 0 Å². The van der Waals surface area contributed by atoms with E-state index in [-0.39, 0.29) is 29.3 Å². The molecule has 3 unspecified atom stereocenters. The lowest BCUT2D eigenvalue weighted by atomic mass is 9.77. The SMILES string of the molecule is Cc1noc(C)c1CCC(=O)N1CC2CC1C2NC(=O)C1(C)CCOCC1. The molecule has 4 heterocycles. The van der Waals surface area contributed by atoms with Gasteiger partial charge in [-0.25, -0.2) is 0 Å². The Morgan fingerprint density at radius 3 is 2.70 bits per heavy atom. The highest BCUT2D eigenvalue weighted by Crippen LogP contribution is 2.42. The van der Waals surface area contributed by atoms with E-state index in [9.17, 15) is 9.59 Å². The summed E-state index contributed by atoms with van der Waals surface area (Å²) in [5, 5.41) is 7.20. The first-order valence-electron chi connectivity index (χ1n) is 9.99. The van der Waals surface area contributed by atoms with Crippen LogP contribution in [0.15, 0.2) is 4.52 Å². The van der Waals surface area contributed by atoms with Crippen molar-refractivity contribution in [2.75, 3.05) is 19.8 Å². The van der Waals surface area contributed by atoms with Gasteiger partial charge in [-0.15, -0.1) is 0 Å². The summed E-state index contributed by atoms with van der Waals surface area (Å²) in [6.07, 6.45) is 3.65. The highest BCUT2D eigenvalue weighted by molar-refractivity contribution is 5.83. The zero-order valence-electron chi connectivity index (χ0n) is 16.4. The van der Waals surface area contributed by atoms with Gasteiger partial charge in [-0.2, -0.15) is 0 Å². The fraction of sp³-hybridized carbons (Fsp3) is 0.750. The molecule has 7 nitrogen and oxygen atoms in total. The zero-order chi connectivity index (χ0) is 19.2. The summed E-state index contributed by atoms with van der Waals surface area (Å²) < 4.78 is 10.6. The highest BCUT2D eigenvalue weighted by atomic mass is 16.5. The second-order valence-corrected chi connectivity index (χ2v) is 8.58. The smallest absolute Gasteiger partial charge is 0.226 e. The van der Waals surface area contributed by atoms with Gasteiger partial charge < -0.3 is 19.5 Å². The lowest BCUT2D eigenvalue weighted by Gasteiger charge is -2.40. The summed E-state index contributed by atoms with van der Waals surface area (Å²) in [6, 6.07) is 0.264. The molecule has 4 aliphatic rings. The largest absolute Gasteiger partial charge is 0.381 e. The first-order chi connectivity index (χ1) is 12.9. The summed E-state index contributed by atoms with van der Waals surface area (Å²) >= 11 is 0.